The van der Waals surface area contributed by atoms with Crippen LogP contribution in [0.1, 0.15) is 25.3 Å². The van der Waals surface area contributed by atoms with E-state index in [1.165, 1.54) is 6.92 Å². The predicted molar refractivity (Wildman–Crippen MR) is 93.2 cm³/mol. The monoisotopic (exact) mass is 350 g/mol. The number of nitrogens with two attached hydrogens (primary N) is 1. The Balaban J connectivity index is 2.43. The second-order valence-corrected chi connectivity index (χ2v) is 5.73. The summed E-state index contributed by atoms with van der Waals surface area (Å²) in [5, 5.41) is 17.8. The van der Waals surface area contributed by atoms with Gasteiger partial charge < -0.3 is 21.5 Å². The third kappa shape index (κ3) is 9.43. The fraction of sp³-hybridized carbons (Fsp3) is 0.471. The van der Waals surface area contributed by atoms with Crippen molar-refractivity contribution in [2.24, 2.45) is 5.73 Å². The average molecular weight is 350 g/mol. The fourth-order valence-corrected chi connectivity index (χ4v) is 2.23. The van der Waals surface area contributed by atoms with Gasteiger partial charge in [0.25, 0.3) is 0 Å². The summed E-state index contributed by atoms with van der Waals surface area (Å²) in [7, 11) is 0. The number of hydrogen-bond donors (Lipinski definition) is 5. The highest BCUT2D eigenvalue weighted by atomic mass is 16.3. The first-order valence-electron chi connectivity index (χ1n) is 8.17. The largest absolute Gasteiger partial charge is 0.377 e. The van der Waals surface area contributed by atoms with Crippen LogP contribution in [0.15, 0.2) is 30.3 Å². The maximum atomic E-state index is 12.3. The summed E-state index contributed by atoms with van der Waals surface area (Å²) in [5.41, 5.74) is 5.94. The van der Waals surface area contributed by atoms with Gasteiger partial charge >= 0.3 is 0 Å². The van der Waals surface area contributed by atoms with Gasteiger partial charge in [0.2, 0.25) is 17.7 Å². The number of hydrogen-bond acceptors (Lipinski definition) is 5. The Morgan fingerprint density at radius 1 is 1.20 bits per heavy atom. The van der Waals surface area contributed by atoms with Crippen molar-refractivity contribution in [2.75, 3.05) is 13.1 Å². The van der Waals surface area contributed by atoms with Gasteiger partial charge in [-0.3, -0.25) is 19.7 Å². The first-order chi connectivity index (χ1) is 11.9. The van der Waals surface area contributed by atoms with Crippen LogP contribution in [0.5, 0.6) is 0 Å². The molecule has 1 rings (SSSR count). The van der Waals surface area contributed by atoms with Crippen LogP contribution in [-0.2, 0) is 20.8 Å². The van der Waals surface area contributed by atoms with Crippen LogP contribution in [-0.4, -0.2) is 48.2 Å². The summed E-state index contributed by atoms with van der Waals surface area (Å²) in [5.74, 6) is -1.08. The fourth-order valence-electron chi connectivity index (χ4n) is 2.23. The number of carbonyl (C=O) groups excluding carboxylic acids is 3. The van der Waals surface area contributed by atoms with Gasteiger partial charge in [-0.2, -0.15) is 0 Å². The highest BCUT2D eigenvalue weighted by Crippen LogP contribution is 2.03. The van der Waals surface area contributed by atoms with Gasteiger partial charge in [0, 0.05) is 19.8 Å². The molecule has 6 N–H and O–H groups in total. The molecule has 138 valence electrons. The number of aliphatic hydroxyl groups excluding tert-OH is 1. The highest BCUT2D eigenvalue weighted by Gasteiger charge is 2.20. The molecule has 0 saturated carbocycles. The Morgan fingerprint density at radius 3 is 2.48 bits per heavy atom. The van der Waals surface area contributed by atoms with E-state index in [2.05, 4.69) is 16.0 Å². The third-order valence-corrected chi connectivity index (χ3v) is 3.43. The topological polar surface area (TPSA) is 134 Å². The number of aliphatic hydroxyl groups is 1. The molecule has 0 bridgehead atoms. The van der Waals surface area contributed by atoms with Crippen LogP contribution in [0.4, 0.5) is 0 Å². The Bertz CT molecular complexity index is 565. The molecule has 0 heterocycles. The van der Waals surface area contributed by atoms with Crippen LogP contribution in [0.25, 0.3) is 0 Å². The number of carbonyl (C=O) groups is 3. The number of primary amides is 1. The number of rotatable bonds is 11. The van der Waals surface area contributed by atoms with Gasteiger partial charge in [0.15, 0.2) is 0 Å². The van der Waals surface area contributed by atoms with E-state index >= 15 is 0 Å². The molecule has 0 aliphatic heterocycles. The summed E-state index contributed by atoms with van der Waals surface area (Å²) >= 11 is 0. The molecule has 0 aliphatic carbocycles. The van der Waals surface area contributed by atoms with Crippen molar-refractivity contribution in [3.05, 3.63) is 35.9 Å². The summed E-state index contributed by atoms with van der Waals surface area (Å²) in [6, 6.07) is 8.61. The molecule has 0 radical (unpaired) electrons. The van der Waals surface area contributed by atoms with Gasteiger partial charge in [0.1, 0.15) is 12.3 Å². The zero-order valence-corrected chi connectivity index (χ0v) is 14.3. The first kappa shape index (κ1) is 20.6. The Hall–Kier alpha value is -2.45. The van der Waals surface area contributed by atoms with E-state index < -0.39 is 18.2 Å². The van der Waals surface area contributed by atoms with E-state index in [0.29, 0.717) is 19.4 Å². The lowest BCUT2D eigenvalue weighted by Crippen LogP contribution is -2.50. The van der Waals surface area contributed by atoms with E-state index in [0.717, 1.165) is 5.56 Å². The van der Waals surface area contributed by atoms with Gasteiger partial charge in [-0.25, -0.2) is 0 Å². The van der Waals surface area contributed by atoms with Crippen molar-refractivity contribution in [1.82, 2.24) is 16.0 Å². The van der Waals surface area contributed by atoms with Crippen molar-refractivity contribution in [2.45, 2.75) is 38.5 Å². The normalized spacial score (nSPS) is 12.9. The van der Waals surface area contributed by atoms with Crippen molar-refractivity contribution in [3.8, 4) is 0 Å². The van der Waals surface area contributed by atoms with Crippen molar-refractivity contribution >= 4 is 17.7 Å². The maximum Gasteiger partial charge on any atom is 0.243 e. The molecule has 0 aliphatic rings. The van der Waals surface area contributed by atoms with Crippen LogP contribution in [0.2, 0.25) is 0 Å². The smallest absolute Gasteiger partial charge is 0.243 e. The molecule has 1 aromatic rings. The Morgan fingerprint density at radius 2 is 1.88 bits per heavy atom. The summed E-state index contributed by atoms with van der Waals surface area (Å²) in [6.07, 6.45) is 0.136. The number of amides is 3. The SMILES string of the molecule is CC(=O)N[C@@H](Cc1ccccc1)C(=O)NCC(O)NCCCC(N)=O. The van der Waals surface area contributed by atoms with Gasteiger partial charge in [0.05, 0.1) is 6.54 Å². The molecule has 25 heavy (non-hydrogen) atoms. The highest BCUT2D eigenvalue weighted by molar-refractivity contribution is 5.87. The Kier molecular flexibility index (Phi) is 9.20. The molecule has 8 nitrogen and oxygen atoms in total. The van der Waals surface area contributed by atoms with E-state index in [1.54, 1.807) is 0 Å². The van der Waals surface area contributed by atoms with Crippen LogP contribution >= 0.6 is 0 Å². The molecule has 8 heteroatoms. The molecular formula is C17H26N4O4. The molecule has 0 saturated heterocycles. The lowest BCUT2D eigenvalue weighted by molar-refractivity contribution is -0.128. The Labute approximate surface area is 147 Å². The zero-order valence-electron chi connectivity index (χ0n) is 14.3. The number of nitrogens with one attached hydrogen (secondary N) is 3. The van der Waals surface area contributed by atoms with E-state index in [9.17, 15) is 19.5 Å². The molecule has 1 aromatic carbocycles. The molecular weight excluding hydrogens is 324 g/mol. The average Bonchev–Trinajstić information content (AvgIpc) is 2.56. The number of benzene rings is 1. The standard InChI is InChI=1S/C17H26N4O4/c1-12(22)21-14(10-13-6-3-2-4-7-13)17(25)20-11-16(24)19-9-5-8-15(18)23/h2-4,6-7,14,16,19,24H,5,8-11H2,1H3,(H2,18,23)(H,20,25)(H,21,22)/t14-,16?/m0/s1. The van der Waals surface area contributed by atoms with Gasteiger partial charge in [-0.05, 0) is 18.5 Å². The summed E-state index contributed by atoms with van der Waals surface area (Å²) in [6.45, 7) is 1.74. The van der Waals surface area contributed by atoms with Gasteiger partial charge in [-0.15, -0.1) is 0 Å². The minimum atomic E-state index is -0.952. The lowest BCUT2D eigenvalue weighted by atomic mass is 10.1. The maximum absolute atomic E-state index is 12.3. The predicted octanol–water partition coefficient (Wildman–Crippen LogP) is -0.976. The van der Waals surface area contributed by atoms with Crippen molar-refractivity contribution in [1.29, 1.82) is 0 Å². The first-order valence-corrected chi connectivity index (χ1v) is 8.17. The third-order valence-electron chi connectivity index (χ3n) is 3.43. The quantitative estimate of drug-likeness (QED) is 0.258. The van der Waals surface area contributed by atoms with Crippen LogP contribution in [0, 0.1) is 0 Å². The second-order valence-electron chi connectivity index (χ2n) is 5.73. The zero-order chi connectivity index (χ0) is 18.7. The lowest BCUT2D eigenvalue weighted by Gasteiger charge is -2.19. The van der Waals surface area contributed by atoms with E-state index in [-0.39, 0.29) is 24.8 Å². The van der Waals surface area contributed by atoms with Crippen molar-refractivity contribution < 1.29 is 19.5 Å². The molecule has 0 spiro atoms. The minimum Gasteiger partial charge on any atom is -0.377 e. The van der Waals surface area contributed by atoms with E-state index in [4.69, 9.17) is 5.73 Å². The van der Waals surface area contributed by atoms with E-state index in [1.807, 2.05) is 30.3 Å². The summed E-state index contributed by atoms with van der Waals surface area (Å²) in [4.78, 5) is 34.2. The molecule has 1 unspecified atom stereocenters. The minimum absolute atomic E-state index is 0.0136. The molecule has 3 amide bonds. The van der Waals surface area contributed by atoms with Crippen molar-refractivity contribution in [3.63, 3.8) is 0 Å². The molecule has 2 atom stereocenters. The molecule has 0 fully saturated rings. The molecule has 0 aromatic heterocycles. The van der Waals surface area contributed by atoms with Crippen LogP contribution in [0.3, 0.4) is 0 Å². The van der Waals surface area contributed by atoms with Crippen LogP contribution < -0.4 is 21.7 Å². The summed E-state index contributed by atoms with van der Waals surface area (Å²) < 4.78 is 0. The second kappa shape index (κ2) is 11.2. The van der Waals surface area contributed by atoms with Gasteiger partial charge in [-0.1, -0.05) is 30.3 Å².